The van der Waals surface area contributed by atoms with Crippen LogP contribution in [0.3, 0.4) is 0 Å². The predicted molar refractivity (Wildman–Crippen MR) is 68.4 cm³/mol. The van der Waals surface area contributed by atoms with E-state index in [2.05, 4.69) is 4.72 Å². The smallest absolute Gasteiger partial charge is 0.240 e. The molecule has 0 amide bonds. The van der Waals surface area contributed by atoms with Gasteiger partial charge in [-0.1, -0.05) is 13.0 Å². The molecule has 0 heterocycles. The third kappa shape index (κ3) is 3.52. The van der Waals surface area contributed by atoms with Crippen molar-refractivity contribution in [2.75, 3.05) is 18.8 Å². The van der Waals surface area contributed by atoms with E-state index in [4.69, 9.17) is 5.73 Å². The Bertz CT molecular complexity index is 609. The SMILES string of the molecule is CCS(=O)(=O)c1cccc(S(=O)(=O)NCCN)c1. The first kappa shape index (κ1) is 15.1. The average molecular weight is 292 g/mol. The molecule has 0 bridgehead atoms. The highest BCUT2D eigenvalue weighted by atomic mass is 32.2. The van der Waals surface area contributed by atoms with Crippen LogP contribution < -0.4 is 10.5 Å². The van der Waals surface area contributed by atoms with Gasteiger partial charge in [-0.3, -0.25) is 0 Å². The van der Waals surface area contributed by atoms with Gasteiger partial charge in [0.2, 0.25) is 10.0 Å². The van der Waals surface area contributed by atoms with E-state index in [-0.39, 0.29) is 28.6 Å². The van der Waals surface area contributed by atoms with Crippen LogP contribution in [0.15, 0.2) is 34.1 Å². The van der Waals surface area contributed by atoms with Crippen molar-refractivity contribution in [3.05, 3.63) is 24.3 Å². The number of rotatable bonds is 6. The van der Waals surface area contributed by atoms with Crippen LogP contribution in [-0.4, -0.2) is 35.7 Å². The first-order valence-electron chi connectivity index (χ1n) is 5.36. The Morgan fingerprint density at radius 2 is 1.78 bits per heavy atom. The lowest BCUT2D eigenvalue weighted by Gasteiger charge is -2.07. The van der Waals surface area contributed by atoms with Gasteiger partial charge in [-0.15, -0.1) is 0 Å². The Labute approximate surface area is 107 Å². The molecular weight excluding hydrogens is 276 g/mol. The van der Waals surface area contributed by atoms with Crippen LogP contribution in [0.25, 0.3) is 0 Å². The fourth-order valence-electron chi connectivity index (χ4n) is 1.28. The Morgan fingerprint density at radius 1 is 1.17 bits per heavy atom. The third-order valence-electron chi connectivity index (χ3n) is 2.29. The van der Waals surface area contributed by atoms with Crippen LogP contribution >= 0.6 is 0 Å². The monoisotopic (exact) mass is 292 g/mol. The van der Waals surface area contributed by atoms with E-state index >= 15 is 0 Å². The fourth-order valence-corrected chi connectivity index (χ4v) is 3.37. The average Bonchev–Trinajstić information content (AvgIpc) is 2.36. The molecule has 102 valence electrons. The molecule has 0 spiro atoms. The summed E-state index contributed by atoms with van der Waals surface area (Å²) in [5, 5.41) is 0. The first-order valence-corrected chi connectivity index (χ1v) is 8.49. The first-order chi connectivity index (χ1) is 8.33. The van der Waals surface area contributed by atoms with Crippen LogP contribution in [0.2, 0.25) is 0 Å². The molecule has 0 saturated heterocycles. The standard InChI is InChI=1S/C10H16N2O4S2/c1-2-17(13,14)9-4-3-5-10(8-9)18(15,16)12-7-6-11/h3-5,8,12H,2,6-7,11H2,1H3. The molecule has 1 aromatic carbocycles. The van der Waals surface area contributed by atoms with Gasteiger partial charge in [-0.05, 0) is 18.2 Å². The normalized spacial score (nSPS) is 12.6. The van der Waals surface area contributed by atoms with Gasteiger partial charge in [0, 0.05) is 13.1 Å². The van der Waals surface area contributed by atoms with Crippen molar-refractivity contribution in [3.8, 4) is 0 Å². The maximum absolute atomic E-state index is 11.8. The molecule has 0 atom stereocenters. The van der Waals surface area contributed by atoms with E-state index in [0.29, 0.717) is 0 Å². The zero-order valence-corrected chi connectivity index (χ0v) is 11.6. The highest BCUT2D eigenvalue weighted by molar-refractivity contribution is 7.91. The molecule has 6 nitrogen and oxygen atoms in total. The highest BCUT2D eigenvalue weighted by Crippen LogP contribution is 2.16. The lowest BCUT2D eigenvalue weighted by atomic mass is 10.4. The molecule has 1 rings (SSSR count). The Morgan fingerprint density at radius 3 is 2.33 bits per heavy atom. The van der Waals surface area contributed by atoms with E-state index < -0.39 is 19.9 Å². The van der Waals surface area contributed by atoms with Crippen molar-refractivity contribution < 1.29 is 16.8 Å². The molecule has 0 aliphatic rings. The summed E-state index contributed by atoms with van der Waals surface area (Å²) in [5.74, 6) is -0.0767. The molecule has 0 saturated carbocycles. The minimum atomic E-state index is -3.71. The quantitative estimate of drug-likeness (QED) is 0.750. The maximum atomic E-state index is 11.8. The van der Waals surface area contributed by atoms with Gasteiger partial charge in [-0.25, -0.2) is 21.6 Å². The molecular formula is C10H16N2O4S2. The second-order valence-electron chi connectivity index (χ2n) is 3.56. The van der Waals surface area contributed by atoms with Crippen LogP contribution in [0, 0.1) is 0 Å². The van der Waals surface area contributed by atoms with E-state index in [0.717, 1.165) is 6.07 Å². The third-order valence-corrected chi connectivity index (χ3v) is 5.48. The highest BCUT2D eigenvalue weighted by Gasteiger charge is 2.17. The van der Waals surface area contributed by atoms with E-state index in [1.165, 1.54) is 25.1 Å². The van der Waals surface area contributed by atoms with Crippen molar-refractivity contribution in [3.63, 3.8) is 0 Å². The number of hydrogen-bond acceptors (Lipinski definition) is 5. The summed E-state index contributed by atoms with van der Waals surface area (Å²) in [4.78, 5) is -0.0777. The van der Waals surface area contributed by atoms with Gasteiger partial charge < -0.3 is 5.73 Å². The van der Waals surface area contributed by atoms with Gasteiger partial charge in [0.15, 0.2) is 9.84 Å². The van der Waals surface area contributed by atoms with Crippen molar-refractivity contribution in [2.45, 2.75) is 16.7 Å². The topological polar surface area (TPSA) is 106 Å². The van der Waals surface area contributed by atoms with E-state index in [9.17, 15) is 16.8 Å². The van der Waals surface area contributed by atoms with Crippen molar-refractivity contribution in [2.24, 2.45) is 5.73 Å². The Balaban J connectivity index is 3.18. The van der Waals surface area contributed by atoms with Gasteiger partial charge in [-0.2, -0.15) is 0 Å². The molecule has 0 fully saturated rings. The maximum Gasteiger partial charge on any atom is 0.240 e. The molecule has 3 N–H and O–H groups in total. The summed E-state index contributed by atoms with van der Waals surface area (Å²) in [6.07, 6.45) is 0. The number of sulfonamides is 1. The molecule has 8 heteroatoms. The number of nitrogens with one attached hydrogen (secondary N) is 1. The van der Waals surface area contributed by atoms with Gasteiger partial charge in [0.05, 0.1) is 15.5 Å². The van der Waals surface area contributed by atoms with Gasteiger partial charge in [0.1, 0.15) is 0 Å². The minimum absolute atomic E-state index is 0.000577. The van der Waals surface area contributed by atoms with Crippen LogP contribution in [0.5, 0.6) is 0 Å². The lowest BCUT2D eigenvalue weighted by molar-refractivity contribution is 0.581. The lowest BCUT2D eigenvalue weighted by Crippen LogP contribution is -2.29. The molecule has 1 aromatic rings. The number of sulfone groups is 1. The second kappa shape index (κ2) is 5.79. The zero-order valence-electron chi connectivity index (χ0n) is 9.96. The summed E-state index contributed by atoms with van der Waals surface area (Å²) < 4.78 is 49.2. The summed E-state index contributed by atoms with van der Waals surface area (Å²) >= 11 is 0. The van der Waals surface area contributed by atoms with E-state index in [1.54, 1.807) is 0 Å². The summed E-state index contributed by atoms with van der Waals surface area (Å²) in [5.41, 5.74) is 5.21. The number of benzene rings is 1. The van der Waals surface area contributed by atoms with Crippen LogP contribution in [0.1, 0.15) is 6.92 Å². The largest absolute Gasteiger partial charge is 0.329 e. The van der Waals surface area contributed by atoms with Crippen LogP contribution in [0.4, 0.5) is 0 Å². The van der Waals surface area contributed by atoms with Crippen molar-refractivity contribution in [1.29, 1.82) is 0 Å². The van der Waals surface area contributed by atoms with Crippen LogP contribution in [-0.2, 0) is 19.9 Å². The fraction of sp³-hybridized carbons (Fsp3) is 0.400. The second-order valence-corrected chi connectivity index (χ2v) is 7.61. The minimum Gasteiger partial charge on any atom is -0.329 e. The van der Waals surface area contributed by atoms with Crippen molar-refractivity contribution in [1.82, 2.24) is 4.72 Å². The molecule has 0 unspecified atom stereocenters. The van der Waals surface area contributed by atoms with Gasteiger partial charge in [0.25, 0.3) is 0 Å². The number of hydrogen-bond donors (Lipinski definition) is 2. The van der Waals surface area contributed by atoms with E-state index in [1.807, 2.05) is 0 Å². The molecule has 0 aliphatic carbocycles. The Hall–Kier alpha value is -0.960. The molecule has 0 aromatic heterocycles. The summed E-state index contributed by atoms with van der Waals surface area (Å²) in [6, 6.07) is 5.27. The summed E-state index contributed by atoms with van der Waals surface area (Å²) in [7, 11) is -7.13. The van der Waals surface area contributed by atoms with Crippen molar-refractivity contribution >= 4 is 19.9 Å². The summed E-state index contributed by atoms with van der Waals surface area (Å²) in [6.45, 7) is 1.78. The number of nitrogens with two attached hydrogens (primary N) is 1. The molecule has 0 aliphatic heterocycles. The zero-order chi connectivity index (χ0) is 13.8. The Kier molecular flexibility index (Phi) is 4.85. The molecule has 18 heavy (non-hydrogen) atoms. The van der Waals surface area contributed by atoms with Gasteiger partial charge >= 0.3 is 0 Å². The molecule has 0 radical (unpaired) electrons. The predicted octanol–water partition coefficient (Wildman–Crippen LogP) is -0.283.